The molecule has 3 heterocycles. The summed E-state index contributed by atoms with van der Waals surface area (Å²) >= 11 is 0. The monoisotopic (exact) mass is 468 g/mol. The van der Waals surface area contributed by atoms with Crippen molar-refractivity contribution >= 4 is 11.8 Å². The molecule has 1 unspecified atom stereocenters. The second-order valence-corrected chi connectivity index (χ2v) is 9.37. The Morgan fingerprint density at radius 1 is 1.15 bits per heavy atom. The Kier molecular flexibility index (Phi) is 7.56. The van der Waals surface area contributed by atoms with Crippen LogP contribution in [0.4, 0.5) is 0 Å². The van der Waals surface area contributed by atoms with Crippen LogP contribution in [0.3, 0.4) is 0 Å². The van der Waals surface area contributed by atoms with Crippen LogP contribution in [0.1, 0.15) is 62.1 Å². The van der Waals surface area contributed by atoms with Crippen molar-refractivity contribution in [1.82, 2.24) is 19.6 Å². The topological polar surface area (TPSA) is 76.9 Å². The average molecular weight is 469 g/mol. The highest BCUT2D eigenvalue weighted by Crippen LogP contribution is 2.30. The lowest BCUT2D eigenvalue weighted by Gasteiger charge is -2.44. The van der Waals surface area contributed by atoms with Crippen molar-refractivity contribution in [1.29, 1.82) is 0 Å². The highest BCUT2D eigenvalue weighted by molar-refractivity contribution is 5.94. The molecule has 1 aromatic heterocycles. The van der Waals surface area contributed by atoms with E-state index in [1.54, 1.807) is 26.7 Å². The lowest BCUT2D eigenvalue weighted by molar-refractivity contribution is -0.170. The van der Waals surface area contributed by atoms with E-state index >= 15 is 0 Å². The quantitative estimate of drug-likeness (QED) is 0.691. The van der Waals surface area contributed by atoms with Gasteiger partial charge in [0.05, 0.1) is 19.7 Å². The lowest BCUT2D eigenvalue weighted by atomic mass is 9.91. The van der Waals surface area contributed by atoms with Crippen LogP contribution < -0.4 is 4.74 Å². The van der Waals surface area contributed by atoms with Gasteiger partial charge in [-0.05, 0) is 64.2 Å². The molecular weight excluding hydrogens is 432 g/mol. The van der Waals surface area contributed by atoms with Crippen LogP contribution in [0.2, 0.25) is 0 Å². The number of morpholine rings is 1. The Bertz CT molecular complexity index is 1000. The summed E-state index contributed by atoms with van der Waals surface area (Å²) < 4.78 is 14.0. The van der Waals surface area contributed by atoms with Gasteiger partial charge in [-0.3, -0.25) is 14.3 Å². The van der Waals surface area contributed by atoms with E-state index < -0.39 is 5.60 Å². The number of fused-ring (bicyclic) bond motifs is 1. The van der Waals surface area contributed by atoms with Crippen LogP contribution in [0.25, 0.3) is 0 Å². The van der Waals surface area contributed by atoms with Crippen molar-refractivity contribution in [2.45, 2.75) is 58.1 Å². The average Bonchev–Trinajstić information content (AvgIpc) is 3.34. The van der Waals surface area contributed by atoms with Gasteiger partial charge in [-0.2, -0.15) is 5.10 Å². The minimum Gasteiger partial charge on any atom is -0.491 e. The predicted molar refractivity (Wildman–Crippen MR) is 129 cm³/mol. The van der Waals surface area contributed by atoms with Gasteiger partial charge in [0.25, 0.3) is 11.8 Å². The smallest absolute Gasteiger partial charge is 0.272 e. The van der Waals surface area contributed by atoms with Crippen molar-refractivity contribution in [3.05, 3.63) is 47.8 Å². The van der Waals surface area contributed by atoms with Crippen molar-refractivity contribution < 1.29 is 19.1 Å². The fourth-order valence-corrected chi connectivity index (χ4v) is 4.94. The molecule has 8 nitrogen and oxygen atoms in total. The summed E-state index contributed by atoms with van der Waals surface area (Å²) in [6.07, 6.45) is 4.86. The van der Waals surface area contributed by atoms with Gasteiger partial charge >= 0.3 is 0 Å². The maximum absolute atomic E-state index is 13.8. The summed E-state index contributed by atoms with van der Waals surface area (Å²) in [5.41, 5.74) is 0.700. The number of rotatable bonds is 3. The number of hydrogen-bond acceptors (Lipinski definition) is 5. The van der Waals surface area contributed by atoms with E-state index in [9.17, 15) is 9.59 Å². The van der Waals surface area contributed by atoms with Gasteiger partial charge in [-0.25, -0.2) is 0 Å². The van der Waals surface area contributed by atoms with Crippen LogP contribution in [-0.4, -0.2) is 76.4 Å². The van der Waals surface area contributed by atoms with E-state index in [1.807, 2.05) is 39.0 Å². The minimum atomic E-state index is -1.04. The molecule has 0 N–H and O–H groups in total. The number of ether oxygens (including phenoxy) is 2. The summed E-state index contributed by atoms with van der Waals surface area (Å²) in [6.45, 7) is 8.47. The first-order chi connectivity index (χ1) is 16.4. The zero-order valence-electron chi connectivity index (χ0n) is 20.5. The molecule has 8 heteroatoms. The number of hydrogen-bond donors (Lipinski definition) is 0. The molecule has 0 radical (unpaired) electrons. The molecule has 34 heavy (non-hydrogen) atoms. The third kappa shape index (κ3) is 4.97. The van der Waals surface area contributed by atoms with Gasteiger partial charge in [0.15, 0.2) is 5.60 Å². The Labute approximate surface area is 201 Å². The fourth-order valence-electron chi connectivity index (χ4n) is 4.94. The Morgan fingerprint density at radius 3 is 2.76 bits per heavy atom. The Morgan fingerprint density at radius 2 is 1.97 bits per heavy atom. The number of carbonyl (C=O) groups excluding carboxylic acids is 2. The van der Waals surface area contributed by atoms with Crippen LogP contribution in [0, 0.1) is 0 Å². The molecule has 1 aromatic carbocycles. The van der Waals surface area contributed by atoms with Gasteiger partial charge in [0.1, 0.15) is 18.1 Å². The first kappa shape index (κ1) is 24.3. The van der Waals surface area contributed by atoms with Crippen LogP contribution >= 0.6 is 0 Å². The van der Waals surface area contributed by atoms with Crippen LogP contribution in [0.5, 0.6) is 5.75 Å². The number of para-hydroxylation sites is 1. The van der Waals surface area contributed by atoms with Crippen LogP contribution in [-0.2, 0) is 16.0 Å². The normalized spacial score (nSPS) is 22.2. The van der Waals surface area contributed by atoms with E-state index in [4.69, 9.17) is 9.47 Å². The number of benzene rings is 1. The van der Waals surface area contributed by atoms with Gasteiger partial charge in [0.2, 0.25) is 0 Å². The highest BCUT2D eigenvalue weighted by Gasteiger charge is 2.46. The molecule has 1 atom stereocenters. The summed E-state index contributed by atoms with van der Waals surface area (Å²) in [6, 6.07) is 9.94. The molecule has 1 spiro atoms. The number of amides is 2. The SMILES string of the molecule is CCN1CCOc2ccccc2CCCCC2(CN(C(=O)c3ccnn3C(C)C)CCO2)C1=O. The lowest BCUT2D eigenvalue weighted by Crippen LogP contribution is -2.62. The van der Waals surface area contributed by atoms with Gasteiger partial charge in [0, 0.05) is 25.3 Å². The van der Waals surface area contributed by atoms with E-state index in [0.717, 1.165) is 25.0 Å². The number of carbonyl (C=O) groups is 2. The largest absolute Gasteiger partial charge is 0.491 e. The zero-order chi connectivity index (χ0) is 24.1. The second-order valence-electron chi connectivity index (χ2n) is 9.37. The molecule has 2 aromatic rings. The molecule has 1 fully saturated rings. The Hall–Kier alpha value is -2.87. The maximum Gasteiger partial charge on any atom is 0.272 e. The van der Waals surface area contributed by atoms with Crippen molar-refractivity contribution in [2.24, 2.45) is 0 Å². The molecule has 0 aliphatic carbocycles. The van der Waals surface area contributed by atoms with Gasteiger partial charge in [-0.1, -0.05) is 18.2 Å². The summed E-state index contributed by atoms with van der Waals surface area (Å²) in [4.78, 5) is 30.9. The van der Waals surface area contributed by atoms with Crippen molar-refractivity contribution in [2.75, 3.05) is 39.4 Å². The number of likely N-dealkylation sites (N-methyl/N-ethyl adjacent to an activating group) is 1. The van der Waals surface area contributed by atoms with E-state index in [1.165, 1.54) is 5.56 Å². The number of nitrogens with zero attached hydrogens (tertiary/aromatic N) is 4. The first-order valence-corrected chi connectivity index (χ1v) is 12.4. The van der Waals surface area contributed by atoms with E-state index in [0.29, 0.717) is 45.0 Å². The number of aromatic nitrogens is 2. The summed E-state index contributed by atoms with van der Waals surface area (Å²) in [5.74, 6) is 0.740. The predicted octanol–water partition coefficient (Wildman–Crippen LogP) is 3.33. The zero-order valence-corrected chi connectivity index (χ0v) is 20.5. The molecule has 1 saturated heterocycles. The van der Waals surface area contributed by atoms with Crippen molar-refractivity contribution in [3.8, 4) is 5.75 Å². The molecule has 2 amide bonds. The molecule has 0 saturated carbocycles. The third-order valence-corrected chi connectivity index (χ3v) is 6.78. The summed E-state index contributed by atoms with van der Waals surface area (Å²) in [7, 11) is 0. The van der Waals surface area contributed by atoms with Gasteiger partial charge < -0.3 is 19.3 Å². The number of aryl methyl sites for hydroxylation is 1. The Balaban J connectivity index is 1.57. The summed E-state index contributed by atoms with van der Waals surface area (Å²) in [5, 5.41) is 4.31. The molecule has 184 valence electrons. The van der Waals surface area contributed by atoms with Crippen molar-refractivity contribution in [3.63, 3.8) is 0 Å². The molecule has 2 aliphatic heterocycles. The molecule has 2 aliphatic rings. The molecular formula is C26H36N4O4. The third-order valence-electron chi connectivity index (χ3n) is 6.78. The van der Waals surface area contributed by atoms with E-state index in [-0.39, 0.29) is 24.4 Å². The highest BCUT2D eigenvalue weighted by atomic mass is 16.5. The van der Waals surface area contributed by atoms with Crippen LogP contribution in [0.15, 0.2) is 36.5 Å². The molecule has 0 bridgehead atoms. The fraction of sp³-hybridized carbons (Fsp3) is 0.577. The second kappa shape index (κ2) is 10.6. The maximum atomic E-state index is 13.8. The minimum absolute atomic E-state index is 0.0534. The van der Waals surface area contributed by atoms with Gasteiger partial charge in [-0.15, -0.1) is 0 Å². The molecule has 4 rings (SSSR count). The van der Waals surface area contributed by atoms with E-state index in [2.05, 4.69) is 11.2 Å². The first-order valence-electron chi connectivity index (χ1n) is 12.4. The standard InChI is InChI=1S/C26H36N4O4/c1-4-28-15-17-33-23-11-6-5-9-21(23)10-7-8-13-26(25(28)32)19-29(16-18-34-26)24(31)22-12-14-27-30(22)20(2)3/h5-6,9,11-12,14,20H,4,7-8,10,13,15-19H2,1-3H3.